The van der Waals surface area contributed by atoms with Crippen molar-refractivity contribution < 1.29 is 13.9 Å². The van der Waals surface area contributed by atoms with E-state index in [4.69, 9.17) is 4.74 Å². The second-order valence-electron chi connectivity index (χ2n) is 8.16. The number of hydrogen-bond donors (Lipinski definition) is 1. The number of pyridine rings is 2. The third kappa shape index (κ3) is 4.51. The van der Waals surface area contributed by atoms with E-state index >= 15 is 0 Å². The van der Waals surface area contributed by atoms with Gasteiger partial charge in [-0.05, 0) is 44.4 Å². The zero-order valence-corrected chi connectivity index (χ0v) is 18.2. The van der Waals surface area contributed by atoms with E-state index in [1.165, 1.54) is 12.5 Å². The predicted molar refractivity (Wildman–Crippen MR) is 119 cm³/mol. The molecular formula is C24H23FN6O2. The average molecular weight is 446 g/mol. The van der Waals surface area contributed by atoms with Crippen molar-refractivity contribution in [1.29, 1.82) is 0 Å². The van der Waals surface area contributed by atoms with Gasteiger partial charge in [0.1, 0.15) is 18.1 Å². The van der Waals surface area contributed by atoms with Crippen molar-refractivity contribution in [2.45, 2.75) is 38.3 Å². The lowest BCUT2D eigenvalue weighted by atomic mass is 9.93. The van der Waals surface area contributed by atoms with Crippen molar-refractivity contribution in [3.05, 3.63) is 65.6 Å². The summed E-state index contributed by atoms with van der Waals surface area (Å²) >= 11 is 0. The Labute approximate surface area is 190 Å². The molecule has 0 spiro atoms. The molecule has 8 nitrogen and oxygen atoms in total. The van der Waals surface area contributed by atoms with E-state index in [9.17, 15) is 9.18 Å². The summed E-state index contributed by atoms with van der Waals surface area (Å²) in [5.74, 6) is 6.19. The molecule has 0 aromatic carbocycles. The molecule has 3 aromatic rings. The van der Waals surface area contributed by atoms with Crippen LogP contribution in [0.15, 0.2) is 43.0 Å². The van der Waals surface area contributed by atoms with E-state index in [1.54, 1.807) is 36.4 Å². The molecule has 4 heterocycles. The summed E-state index contributed by atoms with van der Waals surface area (Å²) in [5.41, 5.74) is 2.63. The zero-order valence-electron chi connectivity index (χ0n) is 18.2. The molecule has 0 saturated heterocycles. The topological polar surface area (TPSA) is 85.2 Å². The molecule has 2 amide bonds. The van der Waals surface area contributed by atoms with E-state index < -0.39 is 11.9 Å². The first-order chi connectivity index (χ1) is 16.1. The number of aromatic nitrogens is 4. The van der Waals surface area contributed by atoms with Gasteiger partial charge in [0.05, 0.1) is 42.3 Å². The smallest absolute Gasteiger partial charge is 0.322 e. The highest BCUT2D eigenvalue weighted by atomic mass is 19.1. The SMILES string of the molecule is C[C@H](NC(=O)N1CCOc2ncc(C#Cc3cnn(C4CCC4)c3)cc21)c1ccc(F)cn1. The summed E-state index contributed by atoms with van der Waals surface area (Å²) in [4.78, 5) is 22.9. The lowest BCUT2D eigenvalue weighted by molar-refractivity contribution is 0.235. The number of rotatable bonds is 3. The standard InChI is InChI=1S/C24H23FN6O2/c1-16(21-8-7-19(25)14-26-21)29-24(32)30-9-10-33-23-22(30)11-17(12-27-23)5-6-18-13-28-31(15-18)20-3-2-4-20/h7-8,11-16,20H,2-4,9-10H2,1H3,(H,29,32)/t16-/m0/s1. The van der Waals surface area contributed by atoms with Crippen molar-refractivity contribution >= 4 is 11.7 Å². The largest absolute Gasteiger partial charge is 0.474 e. The van der Waals surface area contributed by atoms with Crippen LogP contribution in [0.25, 0.3) is 0 Å². The molecule has 0 unspecified atom stereocenters. The number of fused-ring (bicyclic) bond motifs is 1. The fraction of sp³-hybridized carbons (Fsp3) is 0.333. The van der Waals surface area contributed by atoms with Crippen molar-refractivity contribution in [1.82, 2.24) is 25.1 Å². The van der Waals surface area contributed by atoms with Gasteiger partial charge in [0, 0.05) is 18.0 Å². The number of nitrogens with one attached hydrogen (secondary N) is 1. The van der Waals surface area contributed by atoms with E-state index in [0.717, 1.165) is 24.6 Å². The molecule has 2 aliphatic rings. The Hall–Kier alpha value is -3.93. The Morgan fingerprint density at radius 3 is 2.82 bits per heavy atom. The molecule has 1 atom stereocenters. The van der Waals surface area contributed by atoms with Gasteiger partial charge >= 0.3 is 6.03 Å². The van der Waals surface area contributed by atoms with Gasteiger partial charge in [-0.2, -0.15) is 5.10 Å². The lowest BCUT2D eigenvalue weighted by Crippen LogP contribution is -2.45. The van der Waals surface area contributed by atoms with Crippen LogP contribution < -0.4 is 15.0 Å². The lowest BCUT2D eigenvalue weighted by Gasteiger charge is -2.29. The molecule has 1 N–H and O–H groups in total. The second kappa shape index (κ2) is 8.90. The molecule has 0 radical (unpaired) electrons. The number of ether oxygens (including phenoxy) is 1. The Bertz CT molecular complexity index is 1230. The van der Waals surface area contributed by atoms with Gasteiger partial charge in [0.25, 0.3) is 0 Å². The molecule has 0 bridgehead atoms. The number of anilines is 1. The quantitative estimate of drug-likeness (QED) is 0.622. The molecule has 3 aromatic heterocycles. The summed E-state index contributed by atoms with van der Waals surface area (Å²) in [6.45, 7) is 2.50. The maximum absolute atomic E-state index is 13.1. The van der Waals surface area contributed by atoms with E-state index in [0.29, 0.717) is 42.0 Å². The Kier molecular flexibility index (Phi) is 5.65. The number of urea groups is 1. The van der Waals surface area contributed by atoms with Crippen molar-refractivity contribution in [2.24, 2.45) is 0 Å². The number of carbonyl (C=O) groups excluding carboxylic acids is 1. The molecule has 9 heteroatoms. The minimum absolute atomic E-state index is 0.313. The fourth-order valence-electron chi connectivity index (χ4n) is 3.76. The fourth-order valence-corrected chi connectivity index (χ4v) is 3.76. The van der Waals surface area contributed by atoms with Crippen molar-refractivity contribution in [3.8, 4) is 17.7 Å². The maximum atomic E-state index is 13.1. The summed E-state index contributed by atoms with van der Waals surface area (Å²) in [7, 11) is 0. The van der Waals surface area contributed by atoms with Gasteiger partial charge in [-0.3, -0.25) is 14.6 Å². The molecule has 1 fully saturated rings. The predicted octanol–water partition coefficient (Wildman–Crippen LogP) is 3.61. The third-order valence-corrected chi connectivity index (χ3v) is 5.86. The number of hydrogen-bond acceptors (Lipinski definition) is 5. The molecule has 1 aliphatic heterocycles. The Balaban J connectivity index is 1.32. The number of halogens is 1. The van der Waals surface area contributed by atoms with Crippen LogP contribution in [0.1, 0.15) is 55.1 Å². The summed E-state index contributed by atoms with van der Waals surface area (Å²) in [6.07, 6.45) is 10.1. The minimum Gasteiger partial charge on any atom is -0.474 e. The number of carbonyl (C=O) groups is 1. The molecule has 5 rings (SSSR count). The van der Waals surface area contributed by atoms with Crippen LogP contribution in [0.5, 0.6) is 5.88 Å². The molecule has 33 heavy (non-hydrogen) atoms. The van der Waals surface area contributed by atoms with Gasteiger partial charge < -0.3 is 10.1 Å². The van der Waals surface area contributed by atoms with Gasteiger partial charge in [0.15, 0.2) is 0 Å². The number of amides is 2. The van der Waals surface area contributed by atoms with Crippen molar-refractivity contribution in [2.75, 3.05) is 18.1 Å². The zero-order chi connectivity index (χ0) is 22.8. The van der Waals surface area contributed by atoms with Crippen LogP contribution in [0.4, 0.5) is 14.9 Å². The van der Waals surface area contributed by atoms with Crippen LogP contribution in [0.3, 0.4) is 0 Å². The monoisotopic (exact) mass is 446 g/mol. The second-order valence-corrected chi connectivity index (χ2v) is 8.16. The first-order valence-corrected chi connectivity index (χ1v) is 11.0. The van der Waals surface area contributed by atoms with Gasteiger partial charge in [0.2, 0.25) is 5.88 Å². The Morgan fingerprint density at radius 1 is 1.21 bits per heavy atom. The normalized spacial score (nSPS) is 16.0. The summed E-state index contributed by atoms with van der Waals surface area (Å²) < 4.78 is 20.7. The van der Waals surface area contributed by atoms with E-state index in [2.05, 4.69) is 32.2 Å². The summed E-state index contributed by atoms with van der Waals surface area (Å²) in [6, 6.07) is 4.45. The van der Waals surface area contributed by atoms with Gasteiger partial charge in [-0.15, -0.1) is 0 Å². The maximum Gasteiger partial charge on any atom is 0.322 e. The third-order valence-electron chi connectivity index (χ3n) is 5.86. The van der Waals surface area contributed by atoms with E-state index in [1.807, 2.05) is 10.9 Å². The minimum atomic E-state index is -0.422. The highest BCUT2D eigenvalue weighted by Crippen LogP contribution is 2.31. The van der Waals surface area contributed by atoms with Crippen LogP contribution in [-0.4, -0.2) is 38.9 Å². The average Bonchev–Trinajstić information content (AvgIpc) is 3.24. The molecule has 1 saturated carbocycles. The highest BCUT2D eigenvalue weighted by Gasteiger charge is 2.26. The van der Waals surface area contributed by atoms with Crippen LogP contribution in [0, 0.1) is 17.7 Å². The molecule has 168 valence electrons. The first-order valence-electron chi connectivity index (χ1n) is 11.0. The van der Waals surface area contributed by atoms with Crippen LogP contribution in [-0.2, 0) is 0 Å². The highest BCUT2D eigenvalue weighted by molar-refractivity contribution is 5.94. The van der Waals surface area contributed by atoms with Crippen LogP contribution in [0.2, 0.25) is 0 Å². The Morgan fingerprint density at radius 2 is 2.06 bits per heavy atom. The molecular weight excluding hydrogens is 423 g/mol. The number of nitrogens with zero attached hydrogens (tertiary/aromatic N) is 5. The van der Waals surface area contributed by atoms with Crippen molar-refractivity contribution in [3.63, 3.8) is 0 Å². The first kappa shape index (κ1) is 20.9. The van der Waals surface area contributed by atoms with E-state index in [-0.39, 0.29) is 6.03 Å². The summed E-state index contributed by atoms with van der Waals surface area (Å²) in [5, 5.41) is 7.30. The van der Waals surface area contributed by atoms with Crippen LogP contribution >= 0.6 is 0 Å². The van der Waals surface area contributed by atoms with Gasteiger partial charge in [-0.25, -0.2) is 14.2 Å². The van der Waals surface area contributed by atoms with Gasteiger partial charge in [-0.1, -0.05) is 11.8 Å². The molecule has 1 aliphatic carbocycles.